The molecule has 1 aromatic rings. The molecule has 3 nitrogen and oxygen atoms in total. The number of hydrogen-bond acceptors (Lipinski definition) is 1. The molecule has 0 aliphatic heterocycles. The number of benzene rings is 1. The fourth-order valence-electron chi connectivity index (χ4n) is 1.50. The van der Waals surface area contributed by atoms with Crippen molar-refractivity contribution in [3.63, 3.8) is 0 Å². The maximum atomic E-state index is 12.9. The smallest absolute Gasteiger partial charge is 0.336 e. The minimum Gasteiger partial charge on any atom is -0.336 e. The number of hydrogen-bond donors (Lipinski definition) is 2. The van der Waals surface area contributed by atoms with E-state index in [4.69, 9.17) is 0 Å². The molecule has 2 atom stereocenters. The first kappa shape index (κ1) is 15.3. The number of urea groups is 1. The summed E-state index contributed by atoms with van der Waals surface area (Å²) < 4.78 is 38.8. The van der Waals surface area contributed by atoms with Gasteiger partial charge in [0.1, 0.15) is 0 Å². The number of alkyl halides is 3. The fourth-order valence-corrected chi connectivity index (χ4v) is 1.50. The lowest BCUT2D eigenvalue weighted by molar-refractivity contribution is -0.155. The monoisotopic (exact) mass is 274 g/mol. The highest BCUT2D eigenvalue weighted by molar-refractivity contribution is 5.74. The van der Waals surface area contributed by atoms with Crippen LogP contribution in [0, 0.1) is 0 Å². The molecule has 0 unspecified atom stereocenters. The van der Waals surface area contributed by atoms with Crippen molar-refractivity contribution in [3.05, 3.63) is 35.9 Å². The van der Waals surface area contributed by atoms with Gasteiger partial charge in [-0.25, -0.2) is 4.79 Å². The van der Waals surface area contributed by atoms with Gasteiger partial charge in [0, 0.05) is 6.04 Å². The third-order valence-corrected chi connectivity index (χ3v) is 2.73. The average molecular weight is 274 g/mol. The van der Waals surface area contributed by atoms with Crippen LogP contribution in [0.5, 0.6) is 0 Å². The summed E-state index contributed by atoms with van der Waals surface area (Å²) in [7, 11) is 0. The van der Waals surface area contributed by atoms with E-state index >= 15 is 0 Å². The van der Waals surface area contributed by atoms with Crippen molar-refractivity contribution in [2.75, 3.05) is 0 Å². The standard InChI is InChI=1S/C13H17F3N2O/c1-3-9(2)17-12(19)18-11(13(14,15)16)10-7-5-4-6-8-10/h4-9,11H,3H2,1-2H3,(H2,17,18,19)/t9-,11-/m0/s1. The average Bonchev–Trinajstić information content (AvgIpc) is 2.35. The van der Waals surface area contributed by atoms with Gasteiger partial charge in [0.2, 0.25) is 0 Å². The summed E-state index contributed by atoms with van der Waals surface area (Å²) in [5.41, 5.74) is 0.00861. The van der Waals surface area contributed by atoms with Crippen molar-refractivity contribution in [2.45, 2.75) is 38.5 Å². The van der Waals surface area contributed by atoms with Gasteiger partial charge in [0.15, 0.2) is 6.04 Å². The Labute approximate surface area is 110 Å². The predicted molar refractivity (Wildman–Crippen MR) is 66.7 cm³/mol. The van der Waals surface area contributed by atoms with Crippen LogP contribution >= 0.6 is 0 Å². The second-order valence-electron chi connectivity index (χ2n) is 4.31. The van der Waals surface area contributed by atoms with Crippen LogP contribution in [-0.2, 0) is 0 Å². The fraction of sp³-hybridized carbons (Fsp3) is 0.462. The molecule has 0 aromatic heterocycles. The summed E-state index contributed by atoms with van der Waals surface area (Å²) in [6.45, 7) is 3.56. The molecule has 0 radical (unpaired) electrons. The lowest BCUT2D eigenvalue weighted by atomic mass is 10.1. The summed E-state index contributed by atoms with van der Waals surface area (Å²) >= 11 is 0. The molecule has 2 amide bonds. The molecule has 0 saturated heterocycles. The molecular weight excluding hydrogens is 257 g/mol. The number of carbonyl (C=O) groups excluding carboxylic acids is 1. The van der Waals surface area contributed by atoms with E-state index in [1.54, 1.807) is 13.0 Å². The predicted octanol–water partition coefficient (Wildman–Crippen LogP) is 3.39. The van der Waals surface area contributed by atoms with Crippen LogP contribution in [0.15, 0.2) is 30.3 Å². The largest absolute Gasteiger partial charge is 0.412 e. The highest BCUT2D eigenvalue weighted by Gasteiger charge is 2.41. The van der Waals surface area contributed by atoms with Gasteiger partial charge >= 0.3 is 12.2 Å². The van der Waals surface area contributed by atoms with Crippen molar-refractivity contribution < 1.29 is 18.0 Å². The molecule has 1 aromatic carbocycles. The Bertz CT molecular complexity index is 406. The Morgan fingerprint density at radius 1 is 1.21 bits per heavy atom. The van der Waals surface area contributed by atoms with Gasteiger partial charge in [-0.15, -0.1) is 0 Å². The molecular formula is C13H17F3N2O. The summed E-state index contributed by atoms with van der Waals surface area (Å²) in [5.74, 6) is 0. The lowest BCUT2D eigenvalue weighted by Crippen LogP contribution is -2.46. The molecule has 106 valence electrons. The second-order valence-corrected chi connectivity index (χ2v) is 4.31. The molecule has 0 fully saturated rings. The zero-order valence-corrected chi connectivity index (χ0v) is 10.8. The molecule has 0 heterocycles. The van der Waals surface area contributed by atoms with E-state index in [0.29, 0.717) is 6.42 Å². The number of carbonyl (C=O) groups is 1. The maximum Gasteiger partial charge on any atom is 0.412 e. The van der Waals surface area contributed by atoms with Crippen molar-refractivity contribution in [3.8, 4) is 0 Å². The molecule has 2 N–H and O–H groups in total. The van der Waals surface area contributed by atoms with Crippen molar-refractivity contribution in [2.24, 2.45) is 0 Å². The molecule has 0 aliphatic rings. The summed E-state index contributed by atoms with van der Waals surface area (Å²) in [5, 5.41) is 4.42. The normalized spacial score (nSPS) is 14.6. The van der Waals surface area contributed by atoms with Crippen molar-refractivity contribution in [1.82, 2.24) is 10.6 Å². The van der Waals surface area contributed by atoms with E-state index in [0.717, 1.165) is 0 Å². The summed E-state index contributed by atoms with van der Waals surface area (Å²) in [4.78, 5) is 11.5. The summed E-state index contributed by atoms with van der Waals surface area (Å²) in [6, 6.07) is 4.30. The van der Waals surface area contributed by atoms with Gasteiger partial charge in [-0.3, -0.25) is 0 Å². The number of nitrogens with one attached hydrogen (secondary N) is 2. The van der Waals surface area contributed by atoms with E-state index in [1.165, 1.54) is 24.3 Å². The van der Waals surface area contributed by atoms with Crippen LogP contribution in [0.3, 0.4) is 0 Å². The van der Waals surface area contributed by atoms with E-state index in [1.807, 2.05) is 12.2 Å². The van der Waals surface area contributed by atoms with Crippen LogP contribution in [0.1, 0.15) is 31.9 Å². The maximum absolute atomic E-state index is 12.9. The molecule has 0 aliphatic carbocycles. The third kappa shape index (κ3) is 4.81. The minimum absolute atomic E-state index is 0.00861. The van der Waals surface area contributed by atoms with Crippen LogP contribution in [0.2, 0.25) is 0 Å². The molecule has 0 saturated carbocycles. The Morgan fingerprint density at radius 2 is 1.79 bits per heavy atom. The van der Waals surface area contributed by atoms with E-state index in [-0.39, 0.29) is 11.6 Å². The SMILES string of the molecule is CC[C@H](C)NC(=O)N[C@@H](c1ccccc1)C(F)(F)F. The third-order valence-electron chi connectivity index (χ3n) is 2.73. The van der Waals surface area contributed by atoms with Crippen molar-refractivity contribution in [1.29, 1.82) is 0 Å². The molecule has 1 rings (SSSR count). The lowest BCUT2D eigenvalue weighted by Gasteiger charge is -2.23. The highest BCUT2D eigenvalue weighted by atomic mass is 19.4. The van der Waals surface area contributed by atoms with E-state index in [9.17, 15) is 18.0 Å². The minimum atomic E-state index is -4.53. The first-order chi connectivity index (χ1) is 8.84. The molecule has 0 spiro atoms. The number of rotatable bonds is 4. The molecule has 6 heteroatoms. The van der Waals surface area contributed by atoms with Gasteiger partial charge in [0.25, 0.3) is 0 Å². The quantitative estimate of drug-likeness (QED) is 0.868. The van der Waals surface area contributed by atoms with Crippen LogP contribution in [-0.4, -0.2) is 18.2 Å². The zero-order valence-electron chi connectivity index (χ0n) is 10.8. The first-order valence-electron chi connectivity index (χ1n) is 6.03. The van der Waals surface area contributed by atoms with Gasteiger partial charge in [-0.05, 0) is 18.9 Å². The Hall–Kier alpha value is -1.72. The van der Waals surface area contributed by atoms with Gasteiger partial charge < -0.3 is 10.6 Å². The van der Waals surface area contributed by atoms with E-state index < -0.39 is 18.2 Å². The second kappa shape index (κ2) is 6.45. The van der Waals surface area contributed by atoms with Crippen LogP contribution in [0.4, 0.5) is 18.0 Å². The Kier molecular flexibility index (Phi) is 5.20. The van der Waals surface area contributed by atoms with Gasteiger partial charge in [-0.2, -0.15) is 13.2 Å². The van der Waals surface area contributed by atoms with Gasteiger partial charge in [-0.1, -0.05) is 37.3 Å². The van der Waals surface area contributed by atoms with E-state index in [2.05, 4.69) is 5.32 Å². The van der Waals surface area contributed by atoms with Gasteiger partial charge in [0.05, 0.1) is 0 Å². The Morgan fingerprint density at radius 3 is 2.26 bits per heavy atom. The number of amides is 2. The number of halogens is 3. The molecule has 19 heavy (non-hydrogen) atoms. The van der Waals surface area contributed by atoms with Crippen molar-refractivity contribution >= 4 is 6.03 Å². The Balaban J connectivity index is 2.80. The zero-order chi connectivity index (χ0) is 14.5. The highest BCUT2D eigenvalue weighted by Crippen LogP contribution is 2.32. The van der Waals surface area contributed by atoms with Crippen LogP contribution < -0.4 is 10.6 Å². The summed E-state index contributed by atoms with van der Waals surface area (Å²) in [6.07, 6.45) is -3.89. The van der Waals surface area contributed by atoms with Crippen LogP contribution in [0.25, 0.3) is 0 Å². The topological polar surface area (TPSA) is 41.1 Å². The molecule has 0 bridgehead atoms. The first-order valence-corrected chi connectivity index (χ1v) is 6.03.